The summed E-state index contributed by atoms with van der Waals surface area (Å²) in [5.41, 5.74) is 0. The molecule has 13 heavy (non-hydrogen) atoms. The Balaban J connectivity index is -0.0000000431. The molecule has 0 unspecified atom stereocenters. The Bertz CT molecular complexity index is 25.4. The quantitative estimate of drug-likeness (QED) is 0.679. The summed E-state index contributed by atoms with van der Waals surface area (Å²) in [7, 11) is 6.61. The third-order valence-corrected chi connectivity index (χ3v) is 0.577. The zero-order valence-electron chi connectivity index (χ0n) is 10.6. The molecular weight excluding hydrogens is 168 g/mol. The highest BCUT2D eigenvalue weighted by atomic mass is 16.5. The maximum atomic E-state index is 4.54. The molecule has 0 spiro atoms. The van der Waals surface area contributed by atoms with E-state index in [0.29, 0.717) is 0 Å². The van der Waals surface area contributed by atoms with E-state index >= 15 is 0 Å². The molecule has 0 saturated carbocycles. The highest BCUT2D eigenvalue weighted by Gasteiger charge is 1.51. The minimum absolute atomic E-state index is 0.819. The molecule has 0 rings (SSSR count). The number of hydrogen-bond donors (Lipinski definition) is 0. The van der Waals surface area contributed by atoms with Crippen LogP contribution in [0.5, 0.6) is 0 Å². The maximum Gasteiger partial charge on any atom is 0.0433 e. The third kappa shape index (κ3) is 328. The Kier molecular flexibility index (Phi) is 105. The summed E-state index contributed by atoms with van der Waals surface area (Å²) in [6.45, 7) is 9.56. The molecule has 86 valence electrons. The van der Waals surface area contributed by atoms with Crippen molar-refractivity contribution in [2.24, 2.45) is 0 Å². The summed E-state index contributed by atoms with van der Waals surface area (Å²) in [5, 5.41) is 0. The molecule has 0 bridgehead atoms. The fraction of sp³-hybridized carbons (Fsp3) is 1.00. The second-order valence-electron chi connectivity index (χ2n) is 1.56. The lowest BCUT2D eigenvalue weighted by Gasteiger charge is -1.76. The van der Waals surface area contributed by atoms with Crippen molar-refractivity contribution in [3.05, 3.63) is 0 Å². The van der Waals surface area contributed by atoms with Crippen LogP contribution in [0.25, 0.3) is 0 Å². The summed E-state index contributed by atoms with van der Waals surface area (Å²) < 4.78 is 13.3. The van der Waals surface area contributed by atoms with E-state index in [4.69, 9.17) is 0 Å². The van der Waals surface area contributed by atoms with Crippen molar-refractivity contribution in [3.63, 3.8) is 0 Å². The van der Waals surface area contributed by atoms with Gasteiger partial charge in [-0.2, -0.15) is 0 Å². The third-order valence-electron chi connectivity index (χ3n) is 0.577. The van der Waals surface area contributed by atoms with Crippen LogP contribution in [0, 0.1) is 0 Å². The number of methoxy groups -OCH3 is 3. The normalized spacial score (nSPS) is 6.46. The van der Waals surface area contributed by atoms with Gasteiger partial charge in [-0.05, 0) is 13.8 Å². The highest BCUT2D eigenvalue weighted by Crippen LogP contribution is 1.52. The Labute approximate surface area is 84.4 Å². The molecule has 0 heterocycles. The highest BCUT2D eigenvalue weighted by molar-refractivity contribution is 3.95. The van der Waals surface area contributed by atoms with E-state index in [1.807, 2.05) is 27.7 Å². The fourth-order valence-corrected chi connectivity index (χ4v) is 0. The van der Waals surface area contributed by atoms with Crippen LogP contribution in [0.3, 0.4) is 0 Å². The number of ether oxygens (including phenoxy) is 3. The summed E-state index contributed by atoms with van der Waals surface area (Å²) >= 11 is 0. The van der Waals surface area contributed by atoms with Gasteiger partial charge >= 0.3 is 0 Å². The molecule has 0 aliphatic heterocycles. The van der Waals surface area contributed by atoms with Crippen LogP contribution in [0.2, 0.25) is 0 Å². The molecule has 0 aliphatic carbocycles. The van der Waals surface area contributed by atoms with Gasteiger partial charge in [0.05, 0.1) is 0 Å². The van der Waals surface area contributed by atoms with E-state index in [2.05, 4.69) is 14.2 Å². The zero-order chi connectivity index (χ0) is 11.5. The SMILES string of the molecule is CC.CCOC.CCOC.COC. The summed E-state index contributed by atoms with van der Waals surface area (Å²) in [6.07, 6.45) is 0. The topological polar surface area (TPSA) is 27.7 Å². The lowest BCUT2D eigenvalue weighted by molar-refractivity contribution is 0.215. The molecule has 0 aliphatic rings. The monoisotopic (exact) mass is 196 g/mol. The van der Waals surface area contributed by atoms with Gasteiger partial charge in [0.15, 0.2) is 0 Å². The van der Waals surface area contributed by atoms with Crippen molar-refractivity contribution in [1.29, 1.82) is 0 Å². The molecule has 0 aromatic carbocycles. The van der Waals surface area contributed by atoms with Gasteiger partial charge in [0, 0.05) is 41.7 Å². The Morgan fingerprint density at radius 3 is 0.769 bits per heavy atom. The van der Waals surface area contributed by atoms with Crippen molar-refractivity contribution < 1.29 is 14.2 Å². The van der Waals surface area contributed by atoms with Crippen LogP contribution in [-0.4, -0.2) is 41.7 Å². The zero-order valence-corrected chi connectivity index (χ0v) is 10.6. The first kappa shape index (κ1) is 23.1. The molecule has 0 aromatic rings. The van der Waals surface area contributed by atoms with Gasteiger partial charge in [-0.15, -0.1) is 0 Å². The van der Waals surface area contributed by atoms with Crippen molar-refractivity contribution >= 4 is 0 Å². The average molecular weight is 196 g/mol. The van der Waals surface area contributed by atoms with Crippen molar-refractivity contribution in [2.45, 2.75) is 27.7 Å². The van der Waals surface area contributed by atoms with Crippen LogP contribution in [-0.2, 0) is 14.2 Å². The van der Waals surface area contributed by atoms with E-state index in [0.717, 1.165) is 13.2 Å². The minimum Gasteiger partial charge on any atom is -0.388 e. The van der Waals surface area contributed by atoms with Gasteiger partial charge in [-0.25, -0.2) is 0 Å². The summed E-state index contributed by atoms with van der Waals surface area (Å²) in [6, 6.07) is 0. The second kappa shape index (κ2) is 59.1. The lowest BCUT2D eigenvalue weighted by Crippen LogP contribution is -1.73. The standard InChI is InChI=1S/2C3H8O.C2H6O.C2H6/c2*1-3-4-2;1-3-2;1-2/h2*3H2,1-2H3;1-2H3;1-2H3. The Hall–Kier alpha value is -0.120. The average Bonchev–Trinajstić information content (AvgIpc) is 2.22. The molecule has 0 aromatic heterocycles. The van der Waals surface area contributed by atoms with Crippen LogP contribution in [0.15, 0.2) is 0 Å². The molecule has 0 radical (unpaired) electrons. The first-order valence-corrected chi connectivity index (χ1v) is 4.62. The maximum absolute atomic E-state index is 4.54. The minimum atomic E-state index is 0.819. The fourth-order valence-electron chi connectivity index (χ4n) is 0. The predicted molar refractivity (Wildman–Crippen MR) is 59.4 cm³/mol. The Morgan fingerprint density at radius 2 is 0.769 bits per heavy atom. The summed E-state index contributed by atoms with van der Waals surface area (Å²) in [4.78, 5) is 0. The summed E-state index contributed by atoms with van der Waals surface area (Å²) in [5.74, 6) is 0. The van der Waals surface area contributed by atoms with E-state index in [1.54, 1.807) is 28.4 Å². The number of rotatable bonds is 2. The van der Waals surface area contributed by atoms with Crippen molar-refractivity contribution in [3.8, 4) is 0 Å². The van der Waals surface area contributed by atoms with Gasteiger partial charge in [-0.1, -0.05) is 13.8 Å². The van der Waals surface area contributed by atoms with Crippen molar-refractivity contribution in [1.82, 2.24) is 0 Å². The smallest absolute Gasteiger partial charge is 0.0433 e. The molecule has 3 nitrogen and oxygen atoms in total. The first-order valence-electron chi connectivity index (χ1n) is 4.62. The van der Waals surface area contributed by atoms with Gasteiger partial charge < -0.3 is 14.2 Å². The molecule has 0 amide bonds. The van der Waals surface area contributed by atoms with Crippen LogP contribution >= 0.6 is 0 Å². The van der Waals surface area contributed by atoms with Crippen molar-refractivity contribution in [2.75, 3.05) is 41.7 Å². The van der Waals surface area contributed by atoms with E-state index in [1.165, 1.54) is 0 Å². The van der Waals surface area contributed by atoms with E-state index < -0.39 is 0 Å². The van der Waals surface area contributed by atoms with Gasteiger partial charge in [-0.3, -0.25) is 0 Å². The van der Waals surface area contributed by atoms with Gasteiger partial charge in [0.1, 0.15) is 0 Å². The molecular formula is C10H28O3. The first-order chi connectivity index (χ1) is 6.24. The van der Waals surface area contributed by atoms with Gasteiger partial charge in [0.25, 0.3) is 0 Å². The molecule has 0 saturated heterocycles. The molecule has 3 heteroatoms. The molecule has 0 fully saturated rings. The molecule has 0 atom stereocenters. The van der Waals surface area contributed by atoms with Gasteiger partial charge in [0.2, 0.25) is 0 Å². The van der Waals surface area contributed by atoms with E-state index in [-0.39, 0.29) is 0 Å². The molecule has 0 N–H and O–H groups in total. The second-order valence-corrected chi connectivity index (χ2v) is 1.56. The Morgan fingerprint density at radius 1 is 0.692 bits per heavy atom. The van der Waals surface area contributed by atoms with E-state index in [9.17, 15) is 0 Å². The number of hydrogen-bond acceptors (Lipinski definition) is 3. The van der Waals surface area contributed by atoms with Crippen LogP contribution in [0.1, 0.15) is 27.7 Å². The van der Waals surface area contributed by atoms with Crippen LogP contribution in [0.4, 0.5) is 0 Å². The van der Waals surface area contributed by atoms with Crippen LogP contribution < -0.4 is 0 Å². The predicted octanol–water partition coefficient (Wildman–Crippen LogP) is 2.59. The largest absolute Gasteiger partial charge is 0.388 e. The lowest BCUT2D eigenvalue weighted by atomic mass is 10.9.